The van der Waals surface area contributed by atoms with Crippen LogP contribution in [0.1, 0.15) is 46.5 Å². The molecule has 0 fully saturated rings. The van der Waals surface area contributed by atoms with Crippen LogP contribution in [0.3, 0.4) is 0 Å². The zero-order valence-electron chi connectivity index (χ0n) is 9.32. The summed E-state index contributed by atoms with van der Waals surface area (Å²) in [5.41, 5.74) is 3.09. The topological polar surface area (TPSA) is 34.4 Å². The highest BCUT2D eigenvalue weighted by Crippen LogP contribution is 2.32. The predicted octanol–water partition coefficient (Wildman–Crippen LogP) is 2.65. The standard InChI is InChI=1S/C12H14N2OS/c1-2-4-8-10(7-15)14-9-5-3-6-11(9)16-12(14)13-8/h7H,2-6H2,1H3. The minimum absolute atomic E-state index is 0.788. The number of aryl methyl sites for hydroxylation is 3. The largest absolute Gasteiger partial charge is 0.296 e. The van der Waals surface area contributed by atoms with Gasteiger partial charge < -0.3 is 0 Å². The molecule has 0 aliphatic heterocycles. The lowest BCUT2D eigenvalue weighted by molar-refractivity contribution is 0.111. The number of aldehydes is 1. The van der Waals surface area contributed by atoms with E-state index in [9.17, 15) is 4.79 Å². The van der Waals surface area contributed by atoms with E-state index in [0.29, 0.717) is 0 Å². The van der Waals surface area contributed by atoms with Crippen LogP contribution >= 0.6 is 11.3 Å². The van der Waals surface area contributed by atoms with Gasteiger partial charge in [0.25, 0.3) is 0 Å². The molecular formula is C12H14N2OS. The van der Waals surface area contributed by atoms with Crippen LogP contribution in [0.25, 0.3) is 4.96 Å². The van der Waals surface area contributed by atoms with Crippen molar-refractivity contribution in [2.75, 3.05) is 0 Å². The van der Waals surface area contributed by atoms with E-state index in [1.165, 1.54) is 17.0 Å². The molecule has 0 aromatic carbocycles. The first kappa shape index (κ1) is 10.0. The molecule has 2 aromatic heterocycles. The summed E-state index contributed by atoms with van der Waals surface area (Å²) in [7, 11) is 0. The number of hydrogen-bond acceptors (Lipinski definition) is 3. The SMILES string of the molecule is CCCc1nc2sc3c(n2c1C=O)CCC3. The number of rotatable bonds is 3. The fourth-order valence-corrected chi connectivity index (χ4v) is 3.72. The lowest BCUT2D eigenvalue weighted by Gasteiger charge is -1.97. The van der Waals surface area contributed by atoms with E-state index in [0.717, 1.165) is 48.3 Å². The molecule has 0 N–H and O–H groups in total. The van der Waals surface area contributed by atoms with E-state index in [4.69, 9.17) is 0 Å². The Morgan fingerprint density at radius 1 is 1.50 bits per heavy atom. The quantitative estimate of drug-likeness (QED) is 0.765. The molecule has 0 radical (unpaired) electrons. The Morgan fingerprint density at radius 2 is 2.38 bits per heavy atom. The number of thiazole rings is 1. The van der Waals surface area contributed by atoms with Gasteiger partial charge >= 0.3 is 0 Å². The minimum atomic E-state index is 0.788. The molecule has 2 heterocycles. The summed E-state index contributed by atoms with van der Waals surface area (Å²) < 4.78 is 2.09. The molecule has 0 amide bonds. The summed E-state index contributed by atoms with van der Waals surface area (Å²) in [5, 5.41) is 0. The van der Waals surface area contributed by atoms with Gasteiger partial charge in [0.05, 0.1) is 5.69 Å². The van der Waals surface area contributed by atoms with Crippen LogP contribution in [0.2, 0.25) is 0 Å². The Morgan fingerprint density at radius 3 is 3.12 bits per heavy atom. The molecule has 2 aromatic rings. The van der Waals surface area contributed by atoms with Crippen molar-refractivity contribution in [3.63, 3.8) is 0 Å². The molecule has 0 spiro atoms. The van der Waals surface area contributed by atoms with Crippen LogP contribution in [0.15, 0.2) is 0 Å². The van der Waals surface area contributed by atoms with Crippen molar-refractivity contribution in [3.05, 3.63) is 22.0 Å². The van der Waals surface area contributed by atoms with Crippen LogP contribution in [0.4, 0.5) is 0 Å². The van der Waals surface area contributed by atoms with Crippen molar-refractivity contribution in [1.29, 1.82) is 0 Å². The zero-order valence-corrected chi connectivity index (χ0v) is 10.1. The van der Waals surface area contributed by atoms with Gasteiger partial charge in [-0.25, -0.2) is 4.98 Å². The molecule has 4 heteroatoms. The van der Waals surface area contributed by atoms with Gasteiger partial charge in [0.1, 0.15) is 5.69 Å². The van der Waals surface area contributed by atoms with Gasteiger partial charge in [-0.05, 0) is 25.7 Å². The Labute approximate surface area is 98.1 Å². The Hall–Kier alpha value is -1.16. The van der Waals surface area contributed by atoms with Crippen molar-refractivity contribution in [1.82, 2.24) is 9.38 Å². The predicted molar refractivity (Wildman–Crippen MR) is 64.5 cm³/mol. The summed E-state index contributed by atoms with van der Waals surface area (Å²) in [4.78, 5) is 18.2. The van der Waals surface area contributed by atoms with Gasteiger partial charge in [-0.2, -0.15) is 0 Å². The van der Waals surface area contributed by atoms with Gasteiger partial charge in [-0.3, -0.25) is 9.20 Å². The van der Waals surface area contributed by atoms with Gasteiger partial charge in [0.2, 0.25) is 0 Å². The maximum Gasteiger partial charge on any atom is 0.194 e. The second-order valence-electron chi connectivity index (χ2n) is 4.26. The number of fused-ring (bicyclic) bond motifs is 3. The third kappa shape index (κ3) is 1.26. The molecule has 0 atom stereocenters. The third-order valence-corrected chi connectivity index (χ3v) is 4.32. The Kier molecular flexibility index (Phi) is 2.32. The maximum absolute atomic E-state index is 11.2. The highest BCUT2D eigenvalue weighted by Gasteiger charge is 2.22. The number of imidazole rings is 1. The molecular weight excluding hydrogens is 220 g/mol. The molecule has 3 rings (SSSR count). The molecule has 0 saturated heterocycles. The number of carbonyl (C=O) groups excluding carboxylic acids is 1. The fraction of sp³-hybridized carbons (Fsp3) is 0.500. The van der Waals surface area contributed by atoms with Crippen molar-refractivity contribution in [3.8, 4) is 0 Å². The van der Waals surface area contributed by atoms with Crippen LogP contribution in [0, 0.1) is 0 Å². The highest BCUT2D eigenvalue weighted by atomic mass is 32.1. The first-order valence-electron chi connectivity index (χ1n) is 5.82. The Balaban J connectivity index is 2.25. The van der Waals surface area contributed by atoms with Crippen molar-refractivity contribution in [2.45, 2.75) is 39.0 Å². The van der Waals surface area contributed by atoms with E-state index in [1.807, 2.05) is 0 Å². The van der Waals surface area contributed by atoms with Crippen molar-refractivity contribution < 1.29 is 4.79 Å². The monoisotopic (exact) mass is 234 g/mol. The molecule has 0 bridgehead atoms. The molecule has 0 unspecified atom stereocenters. The highest BCUT2D eigenvalue weighted by molar-refractivity contribution is 7.17. The molecule has 0 saturated carbocycles. The third-order valence-electron chi connectivity index (χ3n) is 3.18. The molecule has 16 heavy (non-hydrogen) atoms. The first-order valence-corrected chi connectivity index (χ1v) is 6.63. The molecule has 3 nitrogen and oxygen atoms in total. The van der Waals surface area contributed by atoms with E-state index in [2.05, 4.69) is 16.3 Å². The van der Waals surface area contributed by atoms with Crippen LogP contribution in [-0.4, -0.2) is 15.7 Å². The fourth-order valence-electron chi connectivity index (χ4n) is 2.48. The summed E-state index contributed by atoms with van der Waals surface area (Å²) in [6.45, 7) is 2.12. The molecule has 1 aliphatic carbocycles. The smallest absolute Gasteiger partial charge is 0.194 e. The second kappa shape index (κ2) is 3.70. The summed E-state index contributed by atoms with van der Waals surface area (Å²) in [6, 6.07) is 0. The number of aromatic nitrogens is 2. The van der Waals surface area contributed by atoms with Gasteiger partial charge in [-0.15, -0.1) is 11.3 Å². The normalized spacial score (nSPS) is 14.6. The molecule has 1 aliphatic rings. The van der Waals surface area contributed by atoms with Gasteiger partial charge in [-0.1, -0.05) is 13.3 Å². The lowest BCUT2D eigenvalue weighted by Crippen LogP contribution is -1.97. The first-order chi connectivity index (χ1) is 7.85. The average molecular weight is 234 g/mol. The van der Waals surface area contributed by atoms with E-state index in [1.54, 1.807) is 11.3 Å². The van der Waals surface area contributed by atoms with Crippen molar-refractivity contribution >= 4 is 22.6 Å². The number of hydrogen-bond donors (Lipinski definition) is 0. The average Bonchev–Trinajstić information content (AvgIpc) is 2.88. The summed E-state index contributed by atoms with van der Waals surface area (Å²) in [6.07, 6.45) is 6.38. The van der Waals surface area contributed by atoms with E-state index in [-0.39, 0.29) is 0 Å². The van der Waals surface area contributed by atoms with E-state index >= 15 is 0 Å². The van der Waals surface area contributed by atoms with E-state index < -0.39 is 0 Å². The van der Waals surface area contributed by atoms with Gasteiger partial charge in [0.15, 0.2) is 11.2 Å². The van der Waals surface area contributed by atoms with Crippen LogP contribution in [0.5, 0.6) is 0 Å². The zero-order chi connectivity index (χ0) is 11.1. The van der Waals surface area contributed by atoms with Crippen LogP contribution < -0.4 is 0 Å². The lowest BCUT2D eigenvalue weighted by atomic mass is 10.2. The second-order valence-corrected chi connectivity index (χ2v) is 5.32. The van der Waals surface area contributed by atoms with Gasteiger partial charge in [0, 0.05) is 10.6 Å². The summed E-state index contributed by atoms with van der Waals surface area (Å²) in [5.74, 6) is 0. The number of nitrogens with zero attached hydrogens (tertiary/aromatic N) is 2. The molecule has 84 valence electrons. The van der Waals surface area contributed by atoms with Crippen LogP contribution in [-0.2, 0) is 19.3 Å². The summed E-state index contributed by atoms with van der Waals surface area (Å²) >= 11 is 1.76. The minimum Gasteiger partial charge on any atom is -0.296 e. The Bertz CT molecular complexity index is 553. The van der Waals surface area contributed by atoms with Crippen molar-refractivity contribution in [2.24, 2.45) is 0 Å². The maximum atomic E-state index is 11.2. The number of carbonyl (C=O) groups is 1.